The Hall–Kier alpha value is -2.56. The second-order valence-corrected chi connectivity index (χ2v) is 6.81. The Labute approximate surface area is 168 Å². The first-order chi connectivity index (χ1) is 13.7. The maximum Gasteiger partial charge on any atom is 0.224 e. The highest BCUT2D eigenvalue weighted by Gasteiger charge is 2.08. The molecular formula is C23H32N2O3. The van der Waals surface area contributed by atoms with Crippen LogP contribution in [0.25, 0.3) is 0 Å². The maximum absolute atomic E-state index is 12.5. The molecule has 0 unspecified atom stereocenters. The maximum atomic E-state index is 12.5. The number of oxime groups is 1. The molecule has 2 aromatic rings. The molecule has 0 saturated heterocycles. The summed E-state index contributed by atoms with van der Waals surface area (Å²) in [7, 11) is 0. The topological polar surface area (TPSA) is 52.8 Å². The number of aromatic nitrogens is 1. The number of ether oxygens (including phenoxy) is 1. The van der Waals surface area contributed by atoms with E-state index in [-0.39, 0.29) is 5.43 Å². The number of rotatable bonds is 13. The number of hydrogen-bond donors (Lipinski definition) is 0. The summed E-state index contributed by atoms with van der Waals surface area (Å²) >= 11 is 0. The fourth-order valence-electron chi connectivity index (χ4n) is 2.95. The van der Waals surface area contributed by atoms with Gasteiger partial charge in [0.1, 0.15) is 13.2 Å². The van der Waals surface area contributed by atoms with Gasteiger partial charge in [-0.3, -0.25) is 4.79 Å². The summed E-state index contributed by atoms with van der Waals surface area (Å²) in [5.41, 5.74) is 1.62. The third kappa shape index (κ3) is 7.59. The van der Waals surface area contributed by atoms with E-state index in [1.165, 1.54) is 32.1 Å². The Morgan fingerprint density at radius 1 is 1.04 bits per heavy atom. The molecule has 0 N–H and O–H groups in total. The van der Waals surface area contributed by atoms with Gasteiger partial charge in [-0.1, -0.05) is 74.5 Å². The van der Waals surface area contributed by atoms with Crippen molar-refractivity contribution in [1.29, 1.82) is 0 Å². The van der Waals surface area contributed by atoms with Gasteiger partial charge in [0.2, 0.25) is 5.43 Å². The van der Waals surface area contributed by atoms with E-state index in [9.17, 15) is 4.79 Å². The van der Waals surface area contributed by atoms with Crippen LogP contribution in [0.2, 0.25) is 0 Å². The van der Waals surface area contributed by atoms with Crippen LogP contribution in [0.3, 0.4) is 0 Å². The molecular weight excluding hydrogens is 352 g/mol. The first-order valence-electron chi connectivity index (χ1n) is 10.3. The molecule has 5 heteroatoms. The standard InChI is InChI=1S/C23H32N2O3/c1-3-5-6-7-8-12-15-25-18-23(27-19-20-13-10-9-11-14-20)22(26)16-21(25)17-24-28-4-2/h9-11,13-14,16-18H,3-8,12,15,19H2,1-2H3. The number of pyridine rings is 1. The molecule has 0 bridgehead atoms. The first-order valence-corrected chi connectivity index (χ1v) is 10.3. The quantitative estimate of drug-likeness (QED) is 0.272. The minimum absolute atomic E-state index is 0.145. The lowest BCUT2D eigenvalue weighted by Gasteiger charge is -2.13. The van der Waals surface area contributed by atoms with Crippen molar-refractivity contribution < 1.29 is 9.57 Å². The summed E-state index contributed by atoms with van der Waals surface area (Å²) in [6.07, 6.45) is 10.7. The molecule has 0 atom stereocenters. The number of unbranched alkanes of at least 4 members (excludes halogenated alkanes) is 5. The largest absolute Gasteiger partial charge is 0.483 e. The molecule has 1 heterocycles. The van der Waals surface area contributed by atoms with Crippen LogP contribution >= 0.6 is 0 Å². The highest BCUT2D eigenvalue weighted by Crippen LogP contribution is 2.12. The summed E-state index contributed by atoms with van der Waals surface area (Å²) in [5, 5.41) is 3.93. The molecule has 152 valence electrons. The van der Waals surface area contributed by atoms with E-state index in [4.69, 9.17) is 9.57 Å². The first kappa shape index (κ1) is 21.7. The Balaban J connectivity index is 2.07. The van der Waals surface area contributed by atoms with Crippen LogP contribution in [0.4, 0.5) is 0 Å². The molecule has 1 aromatic heterocycles. The number of hydrogen-bond acceptors (Lipinski definition) is 4. The average Bonchev–Trinajstić information content (AvgIpc) is 2.72. The molecule has 0 amide bonds. The van der Waals surface area contributed by atoms with Crippen LogP contribution in [0.5, 0.6) is 5.75 Å². The highest BCUT2D eigenvalue weighted by atomic mass is 16.6. The van der Waals surface area contributed by atoms with Gasteiger partial charge in [0.15, 0.2) is 5.75 Å². The van der Waals surface area contributed by atoms with Crippen LogP contribution in [0.1, 0.15) is 63.6 Å². The molecule has 0 saturated carbocycles. The normalized spacial score (nSPS) is 11.1. The Morgan fingerprint density at radius 2 is 1.79 bits per heavy atom. The van der Waals surface area contributed by atoms with Gasteiger partial charge in [0.25, 0.3) is 0 Å². The second-order valence-electron chi connectivity index (χ2n) is 6.81. The van der Waals surface area contributed by atoms with E-state index in [0.29, 0.717) is 19.0 Å². The Kier molecular flexibility index (Phi) is 9.91. The van der Waals surface area contributed by atoms with E-state index in [1.807, 2.05) is 41.8 Å². The van der Waals surface area contributed by atoms with Gasteiger partial charge in [-0.2, -0.15) is 0 Å². The highest BCUT2D eigenvalue weighted by molar-refractivity contribution is 5.76. The summed E-state index contributed by atoms with van der Waals surface area (Å²) in [6.45, 7) is 5.79. The van der Waals surface area contributed by atoms with Crippen LogP contribution in [0.15, 0.2) is 52.5 Å². The molecule has 28 heavy (non-hydrogen) atoms. The molecule has 0 aliphatic rings. The van der Waals surface area contributed by atoms with Crippen molar-refractivity contribution in [3.8, 4) is 5.75 Å². The zero-order chi connectivity index (χ0) is 20.0. The van der Waals surface area contributed by atoms with Gasteiger partial charge in [0, 0.05) is 12.6 Å². The van der Waals surface area contributed by atoms with Gasteiger partial charge in [-0.05, 0) is 18.9 Å². The minimum atomic E-state index is -0.145. The molecule has 0 spiro atoms. The van der Waals surface area contributed by atoms with Crippen molar-refractivity contribution in [2.75, 3.05) is 6.61 Å². The smallest absolute Gasteiger partial charge is 0.224 e. The third-order valence-corrected chi connectivity index (χ3v) is 4.50. The molecule has 0 fully saturated rings. The zero-order valence-corrected chi connectivity index (χ0v) is 17.1. The summed E-state index contributed by atoms with van der Waals surface area (Å²) in [6, 6.07) is 11.4. The SMILES string of the molecule is CCCCCCCCn1cc(OCc2ccccc2)c(=O)cc1C=NOCC. The van der Waals surface area contributed by atoms with Crippen LogP contribution in [-0.2, 0) is 18.0 Å². The summed E-state index contributed by atoms with van der Waals surface area (Å²) < 4.78 is 7.83. The monoisotopic (exact) mass is 384 g/mol. The predicted molar refractivity (Wildman–Crippen MR) is 114 cm³/mol. The van der Waals surface area contributed by atoms with Crippen molar-refractivity contribution in [3.63, 3.8) is 0 Å². The van der Waals surface area contributed by atoms with Crippen molar-refractivity contribution in [3.05, 3.63) is 64.1 Å². The Bertz CT molecular complexity index is 769. The Morgan fingerprint density at radius 3 is 2.54 bits per heavy atom. The molecule has 2 rings (SSSR count). The predicted octanol–water partition coefficient (Wildman–Crippen LogP) is 5.16. The minimum Gasteiger partial charge on any atom is -0.483 e. The van der Waals surface area contributed by atoms with Crippen molar-refractivity contribution in [1.82, 2.24) is 4.57 Å². The van der Waals surface area contributed by atoms with Crippen LogP contribution in [0, 0.1) is 0 Å². The van der Waals surface area contributed by atoms with Gasteiger partial charge in [-0.25, -0.2) is 0 Å². The van der Waals surface area contributed by atoms with E-state index in [2.05, 4.69) is 12.1 Å². The van der Waals surface area contributed by atoms with E-state index in [1.54, 1.807) is 18.5 Å². The number of benzene rings is 1. The molecule has 1 aromatic carbocycles. The molecule has 0 aliphatic heterocycles. The van der Waals surface area contributed by atoms with Gasteiger partial charge in [0.05, 0.1) is 18.1 Å². The van der Waals surface area contributed by atoms with E-state index >= 15 is 0 Å². The lowest BCUT2D eigenvalue weighted by Crippen LogP contribution is -2.15. The number of aryl methyl sites for hydroxylation is 1. The molecule has 5 nitrogen and oxygen atoms in total. The van der Waals surface area contributed by atoms with Crippen molar-refractivity contribution in [2.24, 2.45) is 5.16 Å². The number of nitrogens with zero attached hydrogens (tertiary/aromatic N) is 2. The summed E-state index contributed by atoms with van der Waals surface area (Å²) in [5.74, 6) is 0.364. The average molecular weight is 385 g/mol. The zero-order valence-electron chi connectivity index (χ0n) is 17.1. The van der Waals surface area contributed by atoms with E-state index in [0.717, 1.165) is 24.2 Å². The lowest BCUT2D eigenvalue weighted by atomic mass is 10.1. The van der Waals surface area contributed by atoms with Crippen LogP contribution in [-0.4, -0.2) is 17.4 Å². The van der Waals surface area contributed by atoms with E-state index < -0.39 is 0 Å². The second kappa shape index (κ2) is 12.8. The molecule has 0 radical (unpaired) electrons. The third-order valence-electron chi connectivity index (χ3n) is 4.50. The van der Waals surface area contributed by atoms with Crippen LogP contribution < -0.4 is 10.2 Å². The lowest BCUT2D eigenvalue weighted by molar-refractivity contribution is 0.160. The fourth-order valence-corrected chi connectivity index (χ4v) is 2.95. The summed E-state index contributed by atoms with van der Waals surface area (Å²) in [4.78, 5) is 17.5. The fraction of sp³-hybridized carbons (Fsp3) is 0.478. The van der Waals surface area contributed by atoms with Gasteiger partial charge in [-0.15, -0.1) is 0 Å². The van der Waals surface area contributed by atoms with Crippen molar-refractivity contribution >= 4 is 6.21 Å². The van der Waals surface area contributed by atoms with Gasteiger partial charge >= 0.3 is 0 Å². The van der Waals surface area contributed by atoms with Gasteiger partial charge < -0.3 is 14.1 Å². The van der Waals surface area contributed by atoms with Crippen molar-refractivity contribution in [2.45, 2.75) is 65.5 Å². The molecule has 0 aliphatic carbocycles.